The number of nitrogen functional groups attached to an aromatic ring is 1. The molecule has 0 fully saturated rings. The second-order valence-electron chi connectivity index (χ2n) is 3.41. The van der Waals surface area contributed by atoms with E-state index in [9.17, 15) is 12.9 Å². The SMILES string of the molecule is C#Cc1cc(N)c(C)c(C[B-](F)(F)F)c1.[K+]. The molecule has 0 aliphatic rings. The predicted molar refractivity (Wildman–Crippen MR) is 56.3 cm³/mol. The Kier molecular flexibility index (Phi) is 6.15. The van der Waals surface area contributed by atoms with Crippen molar-refractivity contribution in [3.05, 3.63) is 28.8 Å². The summed E-state index contributed by atoms with van der Waals surface area (Å²) >= 11 is 0. The monoisotopic (exact) mass is 251 g/mol. The van der Waals surface area contributed by atoms with Crippen LogP contribution < -0.4 is 57.1 Å². The van der Waals surface area contributed by atoms with E-state index in [-0.39, 0.29) is 56.9 Å². The van der Waals surface area contributed by atoms with Crippen LogP contribution in [0.15, 0.2) is 12.1 Å². The number of nitrogens with two attached hydrogens (primary N) is 1. The summed E-state index contributed by atoms with van der Waals surface area (Å²) in [4.78, 5) is 0. The minimum atomic E-state index is -4.86. The Balaban J connectivity index is 0.00000225. The summed E-state index contributed by atoms with van der Waals surface area (Å²) in [6.45, 7) is -3.30. The van der Waals surface area contributed by atoms with E-state index in [0.29, 0.717) is 16.8 Å². The quantitative estimate of drug-likeness (QED) is 0.428. The van der Waals surface area contributed by atoms with Gasteiger partial charge in [0.15, 0.2) is 0 Å². The van der Waals surface area contributed by atoms with Crippen molar-refractivity contribution in [2.75, 3.05) is 5.73 Å². The van der Waals surface area contributed by atoms with Crippen molar-refractivity contribution in [3.8, 4) is 12.3 Å². The summed E-state index contributed by atoms with van der Waals surface area (Å²) in [5, 5.41) is 0. The van der Waals surface area contributed by atoms with Crippen molar-refractivity contribution < 1.29 is 64.3 Å². The molecule has 0 amide bonds. The van der Waals surface area contributed by atoms with Crippen LogP contribution in [0.1, 0.15) is 16.7 Å². The Labute approximate surface area is 135 Å². The van der Waals surface area contributed by atoms with Gasteiger partial charge in [-0.3, -0.25) is 0 Å². The number of anilines is 1. The molecule has 0 spiro atoms. The zero-order valence-corrected chi connectivity index (χ0v) is 12.4. The van der Waals surface area contributed by atoms with Crippen LogP contribution in [0.5, 0.6) is 0 Å². The fraction of sp³-hybridized carbons (Fsp3) is 0.200. The normalized spacial score (nSPS) is 10.4. The van der Waals surface area contributed by atoms with Crippen molar-refractivity contribution in [1.82, 2.24) is 0 Å². The van der Waals surface area contributed by atoms with E-state index >= 15 is 0 Å². The maximum absolute atomic E-state index is 12.3. The van der Waals surface area contributed by atoms with Gasteiger partial charge in [0.25, 0.3) is 0 Å². The van der Waals surface area contributed by atoms with E-state index in [2.05, 4.69) is 5.92 Å². The van der Waals surface area contributed by atoms with E-state index < -0.39 is 13.3 Å². The van der Waals surface area contributed by atoms with Crippen LogP contribution in [0.3, 0.4) is 0 Å². The van der Waals surface area contributed by atoms with E-state index in [1.165, 1.54) is 12.1 Å². The molecule has 0 saturated heterocycles. The summed E-state index contributed by atoms with van der Waals surface area (Å²) < 4.78 is 36.8. The molecule has 1 rings (SSSR count). The van der Waals surface area contributed by atoms with E-state index in [4.69, 9.17) is 12.2 Å². The van der Waals surface area contributed by atoms with Gasteiger partial charge in [0, 0.05) is 11.3 Å². The van der Waals surface area contributed by atoms with Crippen LogP contribution >= 0.6 is 0 Å². The van der Waals surface area contributed by atoms with Crippen molar-refractivity contribution in [2.45, 2.75) is 13.2 Å². The molecule has 1 aromatic carbocycles. The molecule has 0 saturated carbocycles. The van der Waals surface area contributed by atoms with Crippen LogP contribution in [-0.4, -0.2) is 6.98 Å². The zero-order chi connectivity index (χ0) is 11.6. The number of hydrogen-bond donors (Lipinski definition) is 1. The van der Waals surface area contributed by atoms with E-state index in [1.54, 1.807) is 6.92 Å². The first-order valence-electron chi connectivity index (χ1n) is 4.40. The first-order valence-corrected chi connectivity index (χ1v) is 4.40. The molecular weight excluding hydrogens is 241 g/mol. The Morgan fingerprint density at radius 1 is 1.38 bits per heavy atom. The molecule has 80 valence electrons. The molecule has 1 aromatic rings. The minimum Gasteiger partial charge on any atom is -0.449 e. The molecule has 0 aliphatic heterocycles. The van der Waals surface area contributed by atoms with Gasteiger partial charge in [0.05, 0.1) is 0 Å². The molecule has 0 aromatic heterocycles. The molecule has 6 heteroatoms. The largest absolute Gasteiger partial charge is 1.00 e. The third kappa shape index (κ3) is 4.52. The molecule has 16 heavy (non-hydrogen) atoms. The van der Waals surface area contributed by atoms with Crippen LogP contribution in [0.25, 0.3) is 0 Å². The average molecular weight is 251 g/mol. The molecule has 2 N–H and O–H groups in total. The number of benzene rings is 1. The molecule has 0 unspecified atom stereocenters. The molecule has 1 nitrogen and oxygen atoms in total. The zero-order valence-electron chi connectivity index (χ0n) is 9.23. The van der Waals surface area contributed by atoms with Gasteiger partial charge in [-0.25, -0.2) is 0 Å². The average Bonchev–Trinajstić information content (AvgIpc) is 2.10. The van der Waals surface area contributed by atoms with Crippen molar-refractivity contribution in [2.24, 2.45) is 0 Å². The molecule has 0 bridgehead atoms. The predicted octanol–water partition coefficient (Wildman–Crippen LogP) is -0.508. The number of hydrogen-bond acceptors (Lipinski definition) is 1. The summed E-state index contributed by atoms with van der Waals surface area (Å²) in [5.74, 6) is 2.28. The van der Waals surface area contributed by atoms with E-state index in [1.807, 2.05) is 0 Å². The first kappa shape index (κ1) is 16.1. The van der Waals surface area contributed by atoms with Gasteiger partial charge in [-0.2, -0.15) is 0 Å². The van der Waals surface area contributed by atoms with Gasteiger partial charge >= 0.3 is 58.4 Å². The summed E-state index contributed by atoms with van der Waals surface area (Å²) in [6.07, 6.45) is 4.18. The topological polar surface area (TPSA) is 26.0 Å². The molecule has 0 atom stereocenters. The molecule has 0 heterocycles. The summed E-state index contributed by atoms with van der Waals surface area (Å²) in [5.41, 5.74) is 6.86. The Morgan fingerprint density at radius 3 is 2.38 bits per heavy atom. The maximum atomic E-state index is 12.3. The second kappa shape index (κ2) is 6.13. The van der Waals surface area contributed by atoms with Gasteiger partial charge < -0.3 is 18.7 Å². The fourth-order valence-corrected chi connectivity index (χ4v) is 1.34. The maximum Gasteiger partial charge on any atom is 1.00 e. The van der Waals surface area contributed by atoms with Gasteiger partial charge in [0.1, 0.15) is 0 Å². The van der Waals surface area contributed by atoms with Crippen LogP contribution in [0, 0.1) is 19.3 Å². The first-order chi connectivity index (χ1) is 6.83. The molecule has 0 radical (unpaired) electrons. The standard InChI is InChI=1S/C10H10BF3N.K/c1-3-8-4-9(6-11(12,13)14)7(2)10(15)5-8;/h1,4-5H,6,15H2,2H3;/q-1;+1. The summed E-state index contributed by atoms with van der Waals surface area (Å²) in [7, 11) is 0. The number of rotatable bonds is 2. The van der Waals surface area contributed by atoms with Gasteiger partial charge in [0.2, 0.25) is 0 Å². The van der Waals surface area contributed by atoms with Gasteiger partial charge in [-0.15, -0.1) is 6.42 Å². The Morgan fingerprint density at radius 2 is 1.94 bits per heavy atom. The third-order valence-electron chi connectivity index (χ3n) is 2.17. The Hall–Kier alpha value is 0.0713. The smallest absolute Gasteiger partial charge is 0.449 e. The van der Waals surface area contributed by atoms with Crippen LogP contribution in [-0.2, 0) is 6.32 Å². The van der Waals surface area contributed by atoms with Gasteiger partial charge in [-0.1, -0.05) is 17.8 Å². The summed E-state index contributed by atoms with van der Waals surface area (Å²) in [6, 6.07) is 2.86. The number of halogens is 3. The minimum absolute atomic E-state index is 0. The molecule has 0 aliphatic carbocycles. The van der Waals surface area contributed by atoms with Crippen molar-refractivity contribution in [3.63, 3.8) is 0 Å². The van der Waals surface area contributed by atoms with E-state index in [0.717, 1.165) is 0 Å². The van der Waals surface area contributed by atoms with Crippen LogP contribution in [0.4, 0.5) is 18.6 Å². The fourth-order valence-electron chi connectivity index (χ4n) is 1.34. The second-order valence-corrected chi connectivity index (χ2v) is 3.41. The van der Waals surface area contributed by atoms with Crippen LogP contribution in [0.2, 0.25) is 0 Å². The Bertz CT molecular complexity index is 423. The van der Waals surface area contributed by atoms with Crippen molar-refractivity contribution >= 4 is 12.7 Å². The van der Waals surface area contributed by atoms with Crippen molar-refractivity contribution in [1.29, 1.82) is 0 Å². The third-order valence-corrected chi connectivity index (χ3v) is 2.17. The number of terminal acetylenes is 1. The van der Waals surface area contributed by atoms with Gasteiger partial charge in [-0.05, 0) is 24.6 Å². The molecular formula is C10H10BF3KN.